The molecular weight excluding hydrogens is 366 g/mol. The van der Waals surface area contributed by atoms with Gasteiger partial charge in [0.15, 0.2) is 0 Å². The number of fused-ring (bicyclic) bond motifs is 1. The number of benzene rings is 1. The highest BCUT2D eigenvalue weighted by Gasteiger charge is 2.33. The Kier molecular flexibility index (Phi) is 6.60. The summed E-state index contributed by atoms with van der Waals surface area (Å²) in [6, 6.07) is 3.72. The minimum atomic E-state index is -0.231. The van der Waals surface area contributed by atoms with Crippen LogP contribution in [0.2, 0.25) is 5.02 Å². The normalized spacial score (nSPS) is 22.6. The van der Waals surface area contributed by atoms with Gasteiger partial charge in [-0.3, -0.25) is 9.59 Å². The number of amides is 2. The molecule has 0 aromatic heterocycles. The molecule has 1 aromatic carbocycles. The Bertz CT molecular complexity index is 708. The number of halogens is 1. The van der Waals surface area contributed by atoms with Crippen LogP contribution in [-0.4, -0.2) is 49.5 Å². The van der Waals surface area contributed by atoms with Crippen molar-refractivity contribution in [1.29, 1.82) is 0 Å². The minimum absolute atomic E-state index is 0.198. The number of nitrogens with one attached hydrogen (secondary N) is 2. The smallest absolute Gasteiger partial charge is 0.255 e. The van der Waals surface area contributed by atoms with Gasteiger partial charge in [-0.15, -0.1) is 0 Å². The van der Waals surface area contributed by atoms with Crippen LogP contribution >= 0.6 is 11.6 Å². The average Bonchev–Trinajstić information content (AvgIpc) is 2.67. The Morgan fingerprint density at radius 1 is 1.22 bits per heavy atom. The molecule has 0 radical (unpaired) electrons. The fourth-order valence-corrected chi connectivity index (χ4v) is 4.53. The Hall–Kier alpha value is -1.79. The Labute approximate surface area is 165 Å². The molecule has 2 atom stereocenters. The SMILES string of the molecule is COc1cc(NC(C)=O)c(Cl)cc1C(=O)NC[C@@H]1CCCN2CCCC[C@H]12. The number of rotatable bonds is 5. The van der Waals surface area contributed by atoms with Crippen molar-refractivity contribution in [1.82, 2.24) is 10.2 Å². The third-order valence-electron chi connectivity index (χ3n) is 5.60. The van der Waals surface area contributed by atoms with Gasteiger partial charge in [0.25, 0.3) is 5.91 Å². The summed E-state index contributed by atoms with van der Waals surface area (Å²) in [4.78, 5) is 26.6. The minimum Gasteiger partial charge on any atom is -0.496 e. The number of hydrogen-bond acceptors (Lipinski definition) is 4. The van der Waals surface area contributed by atoms with Crippen LogP contribution < -0.4 is 15.4 Å². The lowest BCUT2D eigenvalue weighted by Crippen LogP contribution is -2.51. The number of hydrogen-bond donors (Lipinski definition) is 2. The van der Waals surface area contributed by atoms with Crippen molar-refractivity contribution in [3.63, 3.8) is 0 Å². The zero-order valence-electron chi connectivity index (χ0n) is 16.0. The first-order valence-corrected chi connectivity index (χ1v) is 10.0. The predicted molar refractivity (Wildman–Crippen MR) is 107 cm³/mol. The van der Waals surface area contributed by atoms with Crippen molar-refractivity contribution in [2.75, 3.05) is 32.1 Å². The van der Waals surface area contributed by atoms with Gasteiger partial charge in [-0.2, -0.15) is 0 Å². The summed E-state index contributed by atoms with van der Waals surface area (Å²) in [7, 11) is 1.50. The second-order valence-corrected chi connectivity index (χ2v) is 7.83. The lowest BCUT2D eigenvalue weighted by Gasteiger charge is -2.44. The number of piperidine rings is 2. The number of carbonyl (C=O) groups excluding carboxylic acids is 2. The molecular formula is C20H28ClN3O3. The maximum Gasteiger partial charge on any atom is 0.255 e. The van der Waals surface area contributed by atoms with Gasteiger partial charge < -0.3 is 20.3 Å². The van der Waals surface area contributed by atoms with Crippen LogP contribution in [0.25, 0.3) is 0 Å². The van der Waals surface area contributed by atoms with Crippen molar-refractivity contribution in [3.8, 4) is 5.75 Å². The van der Waals surface area contributed by atoms with E-state index in [0.717, 1.165) is 6.42 Å². The molecule has 2 aliphatic heterocycles. The maximum absolute atomic E-state index is 12.8. The molecule has 2 amide bonds. The molecule has 1 aromatic rings. The monoisotopic (exact) mass is 393 g/mol. The lowest BCUT2D eigenvalue weighted by atomic mass is 9.83. The summed E-state index contributed by atoms with van der Waals surface area (Å²) < 4.78 is 5.34. The van der Waals surface area contributed by atoms with E-state index in [1.165, 1.54) is 52.8 Å². The summed E-state index contributed by atoms with van der Waals surface area (Å²) in [6.07, 6.45) is 6.13. The van der Waals surface area contributed by atoms with Crippen LogP contribution in [0, 0.1) is 5.92 Å². The molecule has 0 aliphatic carbocycles. The molecule has 0 saturated carbocycles. The van der Waals surface area contributed by atoms with Crippen molar-refractivity contribution in [2.24, 2.45) is 5.92 Å². The molecule has 3 rings (SSSR count). The topological polar surface area (TPSA) is 70.7 Å². The first kappa shape index (κ1) is 20.0. The third-order valence-corrected chi connectivity index (χ3v) is 5.91. The molecule has 0 unspecified atom stereocenters. The van der Waals surface area contributed by atoms with E-state index < -0.39 is 0 Å². The van der Waals surface area contributed by atoms with E-state index in [-0.39, 0.29) is 11.8 Å². The maximum atomic E-state index is 12.8. The van der Waals surface area contributed by atoms with E-state index in [0.29, 0.717) is 40.5 Å². The summed E-state index contributed by atoms with van der Waals surface area (Å²) in [5, 5.41) is 6.03. The van der Waals surface area contributed by atoms with E-state index in [9.17, 15) is 9.59 Å². The van der Waals surface area contributed by atoms with Crippen LogP contribution in [0.1, 0.15) is 49.4 Å². The van der Waals surface area contributed by atoms with Gasteiger partial charge in [-0.1, -0.05) is 18.0 Å². The fourth-order valence-electron chi connectivity index (χ4n) is 4.32. The largest absolute Gasteiger partial charge is 0.496 e. The summed E-state index contributed by atoms with van der Waals surface area (Å²) in [6.45, 7) is 4.43. The van der Waals surface area contributed by atoms with E-state index in [1.807, 2.05) is 0 Å². The van der Waals surface area contributed by atoms with E-state index >= 15 is 0 Å². The molecule has 2 fully saturated rings. The molecule has 2 heterocycles. The van der Waals surface area contributed by atoms with Crippen LogP contribution in [0.15, 0.2) is 12.1 Å². The van der Waals surface area contributed by atoms with Gasteiger partial charge in [0.1, 0.15) is 5.75 Å². The number of anilines is 1. The highest BCUT2D eigenvalue weighted by Crippen LogP contribution is 2.32. The second-order valence-electron chi connectivity index (χ2n) is 7.42. The predicted octanol–water partition coefficient (Wildman–Crippen LogP) is 3.30. The van der Waals surface area contributed by atoms with Crippen LogP contribution in [0.4, 0.5) is 5.69 Å². The van der Waals surface area contributed by atoms with Crippen molar-refractivity contribution < 1.29 is 14.3 Å². The molecule has 0 bridgehead atoms. The highest BCUT2D eigenvalue weighted by atomic mass is 35.5. The number of carbonyl (C=O) groups is 2. The summed E-state index contributed by atoms with van der Waals surface area (Å²) in [5.41, 5.74) is 0.815. The zero-order valence-corrected chi connectivity index (χ0v) is 16.8. The Balaban J connectivity index is 1.68. The molecule has 2 saturated heterocycles. The third kappa shape index (κ3) is 4.74. The van der Waals surface area contributed by atoms with Gasteiger partial charge in [-0.25, -0.2) is 0 Å². The number of ether oxygens (including phenoxy) is 1. The number of nitrogens with zero attached hydrogens (tertiary/aromatic N) is 1. The standard InChI is InChI=1S/C20H28ClN3O3/c1-13(25)23-17-11-19(27-2)15(10-16(17)21)20(26)22-12-14-6-5-9-24-8-4-3-7-18(14)24/h10-11,14,18H,3-9,12H2,1-2H3,(H,22,26)(H,23,25)/t14-,18+/m0/s1. The van der Waals surface area contributed by atoms with Gasteiger partial charge >= 0.3 is 0 Å². The van der Waals surface area contributed by atoms with E-state index in [4.69, 9.17) is 16.3 Å². The second kappa shape index (κ2) is 8.93. The molecule has 2 aliphatic rings. The average molecular weight is 394 g/mol. The summed E-state index contributed by atoms with van der Waals surface area (Å²) >= 11 is 6.23. The van der Waals surface area contributed by atoms with Crippen molar-refractivity contribution in [3.05, 3.63) is 22.7 Å². The molecule has 6 nitrogen and oxygen atoms in total. The first-order valence-electron chi connectivity index (χ1n) is 9.67. The lowest BCUT2D eigenvalue weighted by molar-refractivity contribution is -0.114. The quantitative estimate of drug-likeness (QED) is 0.805. The zero-order chi connectivity index (χ0) is 19.4. The van der Waals surface area contributed by atoms with Gasteiger partial charge in [-0.05, 0) is 50.8 Å². The van der Waals surface area contributed by atoms with Gasteiger partial charge in [0, 0.05) is 25.6 Å². The molecule has 2 N–H and O–H groups in total. The van der Waals surface area contributed by atoms with Crippen LogP contribution in [-0.2, 0) is 4.79 Å². The molecule has 148 valence electrons. The molecule has 27 heavy (non-hydrogen) atoms. The van der Waals surface area contributed by atoms with Gasteiger partial charge in [0.05, 0.1) is 23.4 Å². The van der Waals surface area contributed by atoms with Crippen LogP contribution in [0.3, 0.4) is 0 Å². The first-order chi connectivity index (χ1) is 13.0. The molecule has 7 heteroatoms. The van der Waals surface area contributed by atoms with Crippen molar-refractivity contribution >= 4 is 29.1 Å². The fraction of sp³-hybridized carbons (Fsp3) is 0.600. The Morgan fingerprint density at radius 2 is 2.00 bits per heavy atom. The molecule has 0 spiro atoms. The Morgan fingerprint density at radius 3 is 2.74 bits per heavy atom. The summed E-state index contributed by atoms with van der Waals surface area (Å²) in [5.74, 6) is 0.452. The van der Waals surface area contributed by atoms with Crippen molar-refractivity contribution in [2.45, 2.75) is 45.1 Å². The van der Waals surface area contributed by atoms with Crippen LogP contribution in [0.5, 0.6) is 5.75 Å². The highest BCUT2D eigenvalue weighted by molar-refractivity contribution is 6.34. The number of methoxy groups -OCH3 is 1. The van der Waals surface area contributed by atoms with Gasteiger partial charge in [0.2, 0.25) is 5.91 Å². The van der Waals surface area contributed by atoms with E-state index in [2.05, 4.69) is 15.5 Å². The van der Waals surface area contributed by atoms with E-state index in [1.54, 1.807) is 12.1 Å².